The molecule has 0 bridgehead atoms. The van der Waals surface area contributed by atoms with Crippen molar-refractivity contribution in [2.75, 3.05) is 73.7 Å². The van der Waals surface area contributed by atoms with Crippen LogP contribution in [-0.2, 0) is 16.1 Å². The summed E-state index contributed by atoms with van der Waals surface area (Å²) < 4.78 is 10.9. The number of likely N-dealkylation sites (N-methyl/N-ethyl adjacent to an activating group) is 1. The first-order valence-corrected chi connectivity index (χ1v) is 10.7. The largest absolute Gasteiger partial charge is 0.494 e. The number of hydrogen-bond acceptors (Lipinski definition) is 5. The van der Waals surface area contributed by atoms with Gasteiger partial charge >= 0.3 is 0 Å². The van der Waals surface area contributed by atoms with Crippen LogP contribution in [-0.4, -0.2) is 100 Å². The van der Waals surface area contributed by atoms with Crippen LogP contribution in [0, 0.1) is 0 Å². The van der Waals surface area contributed by atoms with Gasteiger partial charge in [0.25, 0.3) is 0 Å². The van der Waals surface area contributed by atoms with Crippen molar-refractivity contribution in [3.8, 4) is 5.75 Å². The molecule has 1 aromatic rings. The van der Waals surface area contributed by atoms with Gasteiger partial charge in [0.1, 0.15) is 12.3 Å². The van der Waals surface area contributed by atoms with Crippen molar-refractivity contribution in [2.45, 2.75) is 19.9 Å². The molecular formula is C22H38IN5O3. The van der Waals surface area contributed by atoms with E-state index in [0.717, 1.165) is 63.1 Å². The monoisotopic (exact) mass is 547 g/mol. The number of ether oxygens (including phenoxy) is 2. The molecule has 1 N–H and O–H groups in total. The summed E-state index contributed by atoms with van der Waals surface area (Å²) in [5.74, 6) is 1.59. The minimum atomic E-state index is -0.0166. The molecule has 0 aromatic heterocycles. The van der Waals surface area contributed by atoms with Crippen LogP contribution < -0.4 is 10.1 Å². The van der Waals surface area contributed by atoms with E-state index in [-0.39, 0.29) is 36.4 Å². The molecule has 2 rings (SSSR count). The topological polar surface area (TPSA) is 69.6 Å². The van der Waals surface area contributed by atoms with Crippen LogP contribution in [0.4, 0.5) is 0 Å². The number of morpholine rings is 1. The third-order valence-corrected chi connectivity index (χ3v) is 4.92. The lowest BCUT2D eigenvalue weighted by Gasteiger charge is -2.27. The van der Waals surface area contributed by atoms with Gasteiger partial charge < -0.3 is 24.6 Å². The van der Waals surface area contributed by atoms with Crippen molar-refractivity contribution in [1.82, 2.24) is 20.0 Å². The number of nitrogens with zero attached hydrogens (tertiary/aromatic N) is 4. The summed E-state index contributed by atoms with van der Waals surface area (Å²) >= 11 is 0. The Morgan fingerprint density at radius 3 is 2.48 bits per heavy atom. The molecule has 1 aliphatic rings. The smallest absolute Gasteiger partial charge is 0.243 e. The van der Waals surface area contributed by atoms with Crippen molar-refractivity contribution >= 4 is 35.8 Å². The van der Waals surface area contributed by atoms with Crippen LogP contribution in [0.5, 0.6) is 5.75 Å². The van der Waals surface area contributed by atoms with Crippen LogP contribution in [0.25, 0.3) is 0 Å². The molecule has 0 unspecified atom stereocenters. The fourth-order valence-electron chi connectivity index (χ4n) is 3.13. The van der Waals surface area contributed by atoms with Crippen molar-refractivity contribution in [3.05, 3.63) is 29.8 Å². The predicted molar refractivity (Wildman–Crippen MR) is 135 cm³/mol. The zero-order valence-electron chi connectivity index (χ0n) is 19.3. The van der Waals surface area contributed by atoms with Crippen LogP contribution in [0.3, 0.4) is 0 Å². The van der Waals surface area contributed by atoms with Gasteiger partial charge in [0, 0.05) is 47.3 Å². The van der Waals surface area contributed by atoms with Crippen molar-refractivity contribution < 1.29 is 14.3 Å². The highest BCUT2D eigenvalue weighted by atomic mass is 127. The molecule has 8 nitrogen and oxygen atoms in total. The van der Waals surface area contributed by atoms with Crippen molar-refractivity contribution in [1.29, 1.82) is 0 Å². The number of guanidine groups is 1. The minimum absolute atomic E-state index is 0. The summed E-state index contributed by atoms with van der Waals surface area (Å²) in [7, 11) is 5.48. The summed E-state index contributed by atoms with van der Waals surface area (Å²) in [6.45, 7) is 8.92. The molecule has 0 atom stereocenters. The second kappa shape index (κ2) is 15.3. The SMILES string of the molecule is CCOc1ccc(CN(C)C(=NCC(=O)N(C)C)NCCCN2CCOCC2)cc1.I. The Bertz CT molecular complexity index is 664. The summed E-state index contributed by atoms with van der Waals surface area (Å²) in [4.78, 5) is 22.6. The maximum atomic E-state index is 12.0. The van der Waals surface area contributed by atoms with E-state index in [9.17, 15) is 4.79 Å². The van der Waals surface area contributed by atoms with E-state index in [2.05, 4.69) is 27.3 Å². The number of nitrogens with one attached hydrogen (secondary N) is 1. The molecule has 9 heteroatoms. The zero-order valence-corrected chi connectivity index (χ0v) is 21.6. The second-order valence-corrected chi connectivity index (χ2v) is 7.60. The van der Waals surface area contributed by atoms with Crippen LogP contribution in [0.15, 0.2) is 29.3 Å². The highest BCUT2D eigenvalue weighted by molar-refractivity contribution is 14.0. The molecule has 1 heterocycles. The van der Waals surface area contributed by atoms with Crippen LogP contribution in [0.1, 0.15) is 18.9 Å². The van der Waals surface area contributed by atoms with Gasteiger partial charge in [-0.3, -0.25) is 9.69 Å². The molecule has 1 fully saturated rings. The summed E-state index contributed by atoms with van der Waals surface area (Å²) in [6.07, 6.45) is 1.01. The van der Waals surface area contributed by atoms with E-state index in [1.807, 2.05) is 31.0 Å². The van der Waals surface area contributed by atoms with Gasteiger partial charge in [-0.2, -0.15) is 0 Å². The molecule has 0 radical (unpaired) electrons. The maximum absolute atomic E-state index is 12.0. The van der Waals surface area contributed by atoms with Gasteiger partial charge in [-0.05, 0) is 37.6 Å². The molecule has 176 valence electrons. The van der Waals surface area contributed by atoms with Gasteiger partial charge in [0.05, 0.1) is 19.8 Å². The predicted octanol–water partition coefficient (Wildman–Crippen LogP) is 1.89. The van der Waals surface area contributed by atoms with E-state index in [1.165, 1.54) is 0 Å². The first-order chi connectivity index (χ1) is 14.5. The van der Waals surface area contributed by atoms with E-state index in [0.29, 0.717) is 13.2 Å². The highest BCUT2D eigenvalue weighted by Crippen LogP contribution is 2.13. The number of amides is 1. The standard InChI is InChI=1S/C22H37N5O3.HI/c1-5-30-20-9-7-19(8-10-20)18-26(4)22(24-17-21(28)25(2)3)23-11-6-12-27-13-15-29-16-14-27;/h7-10H,5-6,11-18H2,1-4H3,(H,23,24);1H. The number of carbonyl (C=O) groups is 1. The zero-order chi connectivity index (χ0) is 21.8. The molecule has 1 aromatic carbocycles. The summed E-state index contributed by atoms with van der Waals surface area (Å²) in [6, 6.07) is 8.08. The van der Waals surface area contributed by atoms with Crippen LogP contribution in [0.2, 0.25) is 0 Å². The minimum Gasteiger partial charge on any atom is -0.494 e. The fraction of sp³-hybridized carbons (Fsp3) is 0.636. The fourth-order valence-corrected chi connectivity index (χ4v) is 3.13. The highest BCUT2D eigenvalue weighted by Gasteiger charge is 2.12. The normalized spacial score (nSPS) is 14.5. The molecule has 1 saturated heterocycles. The Morgan fingerprint density at radius 2 is 1.87 bits per heavy atom. The Kier molecular flexibility index (Phi) is 13.5. The Labute approximate surface area is 204 Å². The van der Waals surface area contributed by atoms with E-state index in [4.69, 9.17) is 9.47 Å². The molecule has 0 aliphatic carbocycles. The van der Waals surface area contributed by atoms with E-state index >= 15 is 0 Å². The number of hydrogen-bond donors (Lipinski definition) is 1. The second-order valence-electron chi connectivity index (χ2n) is 7.60. The lowest BCUT2D eigenvalue weighted by molar-refractivity contribution is -0.127. The average molecular weight is 547 g/mol. The van der Waals surface area contributed by atoms with Gasteiger partial charge in [0.15, 0.2) is 5.96 Å². The van der Waals surface area contributed by atoms with Gasteiger partial charge in [-0.15, -0.1) is 24.0 Å². The van der Waals surface area contributed by atoms with Crippen LogP contribution >= 0.6 is 24.0 Å². The number of rotatable bonds is 10. The maximum Gasteiger partial charge on any atom is 0.243 e. The first-order valence-electron chi connectivity index (χ1n) is 10.7. The van der Waals surface area contributed by atoms with Crippen molar-refractivity contribution in [3.63, 3.8) is 0 Å². The third-order valence-electron chi connectivity index (χ3n) is 4.92. The molecular weight excluding hydrogens is 509 g/mol. The Morgan fingerprint density at radius 1 is 1.19 bits per heavy atom. The lowest BCUT2D eigenvalue weighted by Crippen LogP contribution is -2.42. The number of benzene rings is 1. The van der Waals surface area contributed by atoms with Gasteiger partial charge in [-0.1, -0.05) is 12.1 Å². The molecule has 0 spiro atoms. The average Bonchev–Trinajstić information content (AvgIpc) is 2.75. The molecule has 1 amide bonds. The summed E-state index contributed by atoms with van der Waals surface area (Å²) in [5, 5.41) is 3.43. The Balaban J connectivity index is 0.00000480. The molecule has 1 aliphatic heterocycles. The number of carbonyl (C=O) groups excluding carboxylic acids is 1. The third kappa shape index (κ3) is 10.5. The summed E-state index contributed by atoms with van der Waals surface area (Å²) in [5.41, 5.74) is 1.16. The quantitative estimate of drug-likeness (QED) is 0.209. The molecule has 0 saturated carbocycles. The number of aliphatic imine (C=N–C) groups is 1. The Hall–Kier alpha value is -1.59. The van der Waals surface area contributed by atoms with Gasteiger partial charge in [0.2, 0.25) is 5.91 Å². The first kappa shape index (κ1) is 27.4. The van der Waals surface area contributed by atoms with E-state index < -0.39 is 0 Å². The molecule has 31 heavy (non-hydrogen) atoms. The van der Waals surface area contributed by atoms with Gasteiger partial charge in [-0.25, -0.2) is 4.99 Å². The lowest BCUT2D eigenvalue weighted by atomic mass is 10.2. The number of halogens is 1. The van der Waals surface area contributed by atoms with Crippen molar-refractivity contribution in [2.24, 2.45) is 4.99 Å². The van der Waals surface area contributed by atoms with E-state index in [1.54, 1.807) is 19.0 Å².